The number of aryl methyl sites for hydroxylation is 1. The van der Waals surface area contributed by atoms with Crippen molar-refractivity contribution in [2.45, 2.75) is 32.8 Å². The van der Waals surface area contributed by atoms with E-state index in [-0.39, 0.29) is 23.1 Å². The van der Waals surface area contributed by atoms with E-state index in [1.165, 1.54) is 0 Å². The topological polar surface area (TPSA) is 75.2 Å². The number of H-pyrrole nitrogens is 1. The molecular formula is C16H20N2O3. The van der Waals surface area contributed by atoms with Crippen LogP contribution in [-0.2, 0) is 4.74 Å². The van der Waals surface area contributed by atoms with Crippen molar-refractivity contribution in [1.82, 2.24) is 9.97 Å². The molecule has 0 aliphatic rings. The van der Waals surface area contributed by atoms with Gasteiger partial charge in [0.15, 0.2) is 0 Å². The highest BCUT2D eigenvalue weighted by molar-refractivity contribution is 5.67. The van der Waals surface area contributed by atoms with E-state index in [9.17, 15) is 9.90 Å². The van der Waals surface area contributed by atoms with Gasteiger partial charge < -0.3 is 14.8 Å². The zero-order valence-electron chi connectivity index (χ0n) is 12.5. The zero-order valence-corrected chi connectivity index (χ0v) is 12.5. The largest absolute Gasteiger partial charge is 0.493 e. The van der Waals surface area contributed by atoms with E-state index in [2.05, 4.69) is 9.97 Å². The molecule has 0 saturated heterocycles. The summed E-state index contributed by atoms with van der Waals surface area (Å²) < 4.78 is 5.31. The van der Waals surface area contributed by atoms with Gasteiger partial charge in [0.05, 0.1) is 0 Å². The first-order chi connectivity index (χ1) is 10.1. The highest BCUT2D eigenvalue weighted by Crippen LogP contribution is 2.26. The highest BCUT2D eigenvalue weighted by atomic mass is 16.5. The first kappa shape index (κ1) is 15.3. The monoisotopic (exact) mass is 288 g/mol. The maximum Gasteiger partial charge on any atom is 0.262 e. The molecule has 0 saturated carbocycles. The second-order valence-electron chi connectivity index (χ2n) is 5.03. The van der Waals surface area contributed by atoms with Gasteiger partial charge in [-0.1, -0.05) is 43.2 Å². The Balaban J connectivity index is 2.49. The third-order valence-electron chi connectivity index (χ3n) is 3.37. The Morgan fingerprint density at radius 2 is 2.19 bits per heavy atom. The van der Waals surface area contributed by atoms with Gasteiger partial charge in [-0.2, -0.15) is 4.98 Å². The van der Waals surface area contributed by atoms with Gasteiger partial charge in [0.1, 0.15) is 17.5 Å². The van der Waals surface area contributed by atoms with E-state index in [1.54, 1.807) is 13.2 Å². The van der Waals surface area contributed by atoms with Crippen molar-refractivity contribution in [2.75, 3.05) is 7.11 Å². The summed E-state index contributed by atoms with van der Waals surface area (Å²) in [6.45, 7) is 3.95. The van der Waals surface area contributed by atoms with Crippen LogP contribution in [0.5, 0.6) is 5.88 Å². The Hall–Kier alpha value is -2.14. The molecule has 0 radical (unpaired) electrons. The van der Waals surface area contributed by atoms with Gasteiger partial charge in [-0.15, -0.1) is 0 Å². The number of aromatic amines is 1. The summed E-state index contributed by atoms with van der Waals surface area (Å²) in [7, 11) is 1.56. The molecule has 1 atom stereocenters. The van der Waals surface area contributed by atoms with Crippen LogP contribution in [0.15, 0.2) is 29.1 Å². The van der Waals surface area contributed by atoms with Crippen molar-refractivity contribution in [3.8, 4) is 17.0 Å². The smallest absolute Gasteiger partial charge is 0.262 e. The fourth-order valence-electron chi connectivity index (χ4n) is 2.32. The lowest BCUT2D eigenvalue weighted by Gasteiger charge is -2.14. The molecule has 1 unspecified atom stereocenters. The predicted molar refractivity (Wildman–Crippen MR) is 81.4 cm³/mol. The first-order valence-electron chi connectivity index (χ1n) is 6.99. The molecule has 1 aromatic carbocycles. The number of benzene rings is 1. The van der Waals surface area contributed by atoms with E-state index in [4.69, 9.17) is 4.74 Å². The second-order valence-corrected chi connectivity index (χ2v) is 5.03. The summed E-state index contributed by atoms with van der Waals surface area (Å²) in [5.74, 6) is 0.0933. The number of ether oxygens (including phenoxy) is 1. The molecule has 1 aromatic heterocycles. The van der Waals surface area contributed by atoms with Crippen molar-refractivity contribution in [1.29, 1.82) is 0 Å². The standard InChI is InChI=1S/C16H20N2O3/c1-4-6-12(21-3)14-17-15(19)13(16(20)18-14)11-8-5-7-10(2)9-11/h5,7-9,12H,4,6H2,1-3H3,(H2,17,18,19,20). The fourth-order valence-corrected chi connectivity index (χ4v) is 2.32. The van der Waals surface area contributed by atoms with Crippen LogP contribution >= 0.6 is 0 Å². The number of methoxy groups -OCH3 is 1. The second kappa shape index (κ2) is 6.54. The van der Waals surface area contributed by atoms with Crippen LogP contribution in [0.1, 0.15) is 37.3 Å². The first-order valence-corrected chi connectivity index (χ1v) is 6.99. The van der Waals surface area contributed by atoms with Gasteiger partial charge in [0.25, 0.3) is 5.56 Å². The highest BCUT2D eigenvalue weighted by Gasteiger charge is 2.18. The molecule has 0 fully saturated rings. The third-order valence-corrected chi connectivity index (χ3v) is 3.37. The Bertz CT molecular complexity index is 679. The molecule has 2 aromatic rings. The summed E-state index contributed by atoms with van der Waals surface area (Å²) >= 11 is 0. The average molecular weight is 288 g/mol. The van der Waals surface area contributed by atoms with Crippen LogP contribution in [-0.4, -0.2) is 22.2 Å². The predicted octanol–water partition coefficient (Wildman–Crippen LogP) is 2.94. The van der Waals surface area contributed by atoms with Crippen molar-refractivity contribution in [3.05, 3.63) is 46.0 Å². The Labute approximate surface area is 123 Å². The van der Waals surface area contributed by atoms with E-state index in [1.807, 2.05) is 32.0 Å². The molecule has 2 rings (SSSR count). The number of hydrogen-bond donors (Lipinski definition) is 2. The summed E-state index contributed by atoms with van der Waals surface area (Å²) in [5.41, 5.74) is 1.49. The van der Waals surface area contributed by atoms with Crippen LogP contribution in [0.2, 0.25) is 0 Å². The molecule has 2 N–H and O–H groups in total. The van der Waals surface area contributed by atoms with Gasteiger partial charge in [0, 0.05) is 7.11 Å². The van der Waals surface area contributed by atoms with E-state index in [0.717, 1.165) is 18.4 Å². The van der Waals surface area contributed by atoms with Gasteiger partial charge in [-0.3, -0.25) is 4.79 Å². The Morgan fingerprint density at radius 1 is 1.43 bits per heavy atom. The van der Waals surface area contributed by atoms with Crippen molar-refractivity contribution in [3.63, 3.8) is 0 Å². The minimum atomic E-state index is -0.360. The number of nitrogens with zero attached hydrogens (tertiary/aromatic N) is 1. The van der Waals surface area contributed by atoms with Crippen molar-refractivity contribution < 1.29 is 9.84 Å². The molecular weight excluding hydrogens is 268 g/mol. The lowest BCUT2D eigenvalue weighted by Crippen LogP contribution is -2.17. The van der Waals surface area contributed by atoms with Crippen LogP contribution in [0, 0.1) is 6.92 Å². The molecule has 0 amide bonds. The lowest BCUT2D eigenvalue weighted by molar-refractivity contribution is 0.0868. The van der Waals surface area contributed by atoms with Crippen LogP contribution in [0.3, 0.4) is 0 Å². The van der Waals surface area contributed by atoms with Crippen LogP contribution in [0.4, 0.5) is 0 Å². The molecule has 0 spiro atoms. The Kier molecular flexibility index (Phi) is 4.75. The van der Waals surface area contributed by atoms with Gasteiger partial charge in [-0.05, 0) is 18.9 Å². The van der Waals surface area contributed by atoms with Gasteiger partial charge in [0.2, 0.25) is 5.88 Å². The quantitative estimate of drug-likeness (QED) is 0.887. The number of aromatic nitrogens is 2. The number of aromatic hydroxyl groups is 1. The molecule has 0 aliphatic carbocycles. The molecule has 21 heavy (non-hydrogen) atoms. The lowest BCUT2D eigenvalue weighted by atomic mass is 10.1. The number of hydrogen-bond acceptors (Lipinski definition) is 4. The van der Waals surface area contributed by atoms with Gasteiger partial charge >= 0.3 is 0 Å². The normalized spacial score (nSPS) is 12.3. The van der Waals surface area contributed by atoms with E-state index in [0.29, 0.717) is 11.4 Å². The minimum absolute atomic E-state index is 0.189. The zero-order chi connectivity index (χ0) is 15.4. The molecule has 0 bridgehead atoms. The van der Waals surface area contributed by atoms with Crippen LogP contribution in [0.25, 0.3) is 11.1 Å². The van der Waals surface area contributed by atoms with Gasteiger partial charge in [-0.25, -0.2) is 0 Å². The maximum absolute atomic E-state index is 12.3. The Morgan fingerprint density at radius 3 is 2.76 bits per heavy atom. The number of nitrogens with one attached hydrogen (secondary N) is 1. The molecule has 1 heterocycles. The maximum atomic E-state index is 12.3. The molecule has 5 heteroatoms. The van der Waals surface area contributed by atoms with Crippen molar-refractivity contribution >= 4 is 0 Å². The molecule has 0 aliphatic heterocycles. The van der Waals surface area contributed by atoms with E-state index >= 15 is 0 Å². The van der Waals surface area contributed by atoms with Crippen LogP contribution < -0.4 is 5.56 Å². The minimum Gasteiger partial charge on any atom is -0.493 e. The number of rotatable bonds is 5. The summed E-state index contributed by atoms with van der Waals surface area (Å²) in [4.78, 5) is 19.1. The summed E-state index contributed by atoms with van der Waals surface area (Å²) in [6, 6.07) is 7.38. The van der Waals surface area contributed by atoms with E-state index < -0.39 is 0 Å². The summed E-state index contributed by atoms with van der Waals surface area (Å²) in [6.07, 6.45) is 1.30. The SMILES string of the molecule is CCCC(OC)c1nc(O)c(-c2cccc(C)c2)c(=O)[nH]1. The van der Waals surface area contributed by atoms with Crippen molar-refractivity contribution in [2.24, 2.45) is 0 Å². The average Bonchev–Trinajstić information content (AvgIpc) is 2.44. The third kappa shape index (κ3) is 3.31. The fraction of sp³-hybridized carbons (Fsp3) is 0.375. The summed E-state index contributed by atoms with van der Waals surface area (Å²) in [5, 5.41) is 10.1. The molecule has 112 valence electrons. The molecule has 5 nitrogen and oxygen atoms in total.